The first-order valence-electron chi connectivity index (χ1n) is 45.6. The fraction of sp³-hybridized carbons (Fsp3) is 0.0565. The molecule has 0 bridgehead atoms. The number of nitrogens with zero attached hydrogens (tertiary/aromatic N) is 9. The number of rotatable bonds is 9. The molecule has 27 rings (SSSR count). The molecule has 0 saturated carbocycles. The van der Waals surface area contributed by atoms with Gasteiger partial charge >= 0.3 is 0 Å². The Morgan fingerprint density at radius 2 is 0.444 bits per heavy atom. The van der Waals surface area contributed by atoms with Crippen molar-refractivity contribution in [2.45, 2.75) is 44.9 Å². The van der Waals surface area contributed by atoms with E-state index in [9.17, 15) is 0 Å². The predicted octanol–water partition coefficient (Wildman–Crippen LogP) is 31.2. The normalized spacial score (nSPS) is 12.9. The van der Waals surface area contributed by atoms with Gasteiger partial charge in [0.05, 0.1) is 0 Å². The van der Waals surface area contributed by atoms with E-state index in [-0.39, 0.29) is 10.8 Å². The zero-order chi connectivity index (χ0) is 88.6. The van der Waals surface area contributed by atoms with Crippen molar-refractivity contribution in [3.63, 3.8) is 0 Å². The van der Waals surface area contributed by atoms with E-state index < -0.39 is 0 Å². The summed E-state index contributed by atoms with van der Waals surface area (Å²) >= 11 is 0. The van der Waals surface area contributed by atoms with Gasteiger partial charge in [-0.15, -0.1) is 0 Å². The summed E-state index contributed by atoms with van der Waals surface area (Å²) in [6, 6.07) is 149. The van der Waals surface area contributed by atoms with Crippen molar-refractivity contribution in [1.82, 2.24) is 44.9 Å². The Labute approximate surface area is 769 Å². The molecular formula is C124H83N9. The van der Waals surface area contributed by atoms with Crippen LogP contribution in [0.1, 0.15) is 61.1 Å². The van der Waals surface area contributed by atoms with E-state index in [1.54, 1.807) is 0 Å². The zero-order valence-electron chi connectivity index (χ0n) is 73.6. The zero-order valence-corrected chi connectivity index (χ0v) is 73.6. The molecule has 0 unspecified atom stereocenters. The second-order valence-electron chi connectivity index (χ2n) is 36.3. The molecule has 9 heteroatoms. The summed E-state index contributed by atoms with van der Waals surface area (Å²) in [5, 5.41) is 21.4. The monoisotopic (exact) mass is 1700 g/mol. The van der Waals surface area contributed by atoms with Crippen LogP contribution in [0.4, 0.5) is 0 Å². The summed E-state index contributed by atoms with van der Waals surface area (Å²) in [6.07, 6.45) is 0.964. The number of fused-ring (bicyclic) bond motifs is 21. The highest BCUT2D eigenvalue weighted by Crippen LogP contribution is 2.54. The van der Waals surface area contributed by atoms with Crippen LogP contribution in [0.15, 0.2) is 419 Å². The summed E-state index contributed by atoms with van der Waals surface area (Å²) in [5.74, 6) is 6.03. The smallest absolute Gasteiger partial charge is 0.164 e. The van der Waals surface area contributed by atoms with Gasteiger partial charge in [-0.05, 0) is 213 Å². The molecule has 24 aromatic rings. The van der Waals surface area contributed by atoms with Crippen molar-refractivity contribution < 1.29 is 0 Å². The molecule has 624 valence electrons. The standard InChI is InChI=1S/2C42H29N3.C40H25N3/c1-42(2)37-17-8-7-14-33(37)35-23-22-32-34(38(35)42)15-9-16-36(32)41-44-39(30-20-18-26-10-3-5-12-28(26)24-30)43-40(45-41)31-21-19-27-11-4-6-13-29(27)25-31;1-42(2)37-17-8-7-15-33(37)34-23-22-28-19-21-31(25-36(28)38(34)42)40-43-39(30-20-18-26-10-3-4-12-29(26)24-30)44-41(45-40)35-16-9-13-27-11-5-6-14-32(27)35;1-3-9-27-21-31(15-13-25(27)7-1)38-41-39(32-16-14-26-8-2-4-10-28(26)22-32)43-40(42-38)33-18-19-35-30(23-33)17-20-36-34-12-6-5-11-29(34)24-37(35)36/h2*3-25H,1-2H3;1-23H,24H2. The lowest BCUT2D eigenvalue weighted by Gasteiger charge is -2.23. The third-order valence-electron chi connectivity index (χ3n) is 27.7. The predicted molar refractivity (Wildman–Crippen MR) is 549 cm³/mol. The molecule has 3 aromatic heterocycles. The van der Waals surface area contributed by atoms with Gasteiger partial charge in [-0.3, -0.25) is 0 Å². The van der Waals surface area contributed by atoms with Crippen molar-refractivity contribution in [3.8, 4) is 136 Å². The number of hydrogen-bond acceptors (Lipinski definition) is 9. The molecule has 0 spiro atoms. The van der Waals surface area contributed by atoms with Crippen LogP contribution in [-0.2, 0) is 17.3 Å². The molecule has 0 amide bonds. The second kappa shape index (κ2) is 31.4. The molecule has 3 heterocycles. The minimum Gasteiger partial charge on any atom is -0.208 e. The van der Waals surface area contributed by atoms with Crippen LogP contribution in [0.2, 0.25) is 0 Å². The minimum absolute atomic E-state index is 0.115. The fourth-order valence-electron chi connectivity index (χ4n) is 21.0. The van der Waals surface area contributed by atoms with Gasteiger partial charge < -0.3 is 0 Å². The van der Waals surface area contributed by atoms with Crippen molar-refractivity contribution in [2.75, 3.05) is 0 Å². The number of hydrogen-bond donors (Lipinski definition) is 0. The Hall–Kier alpha value is -17.0. The van der Waals surface area contributed by atoms with Crippen molar-refractivity contribution in [1.29, 1.82) is 0 Å². The van der Waals surface area contributed by atoms with Gasteiger partial charge in [-0.2, -0.15) is 0 Å². The van der Waals surface area contributed by atoms with Crippen LogP contribution < -0.4 is 0 Å². The Bertz CT molecular complexity index is 8670. The van der Waals surface area contributed by atoms with Gasteiger partial charge in [-0.25, -0.2) is 44.9 Å². The lowest BCUT2D eigenvalue weighted by atomic mass is 9.80. The highest BCUT2D eigenvalue weighted by Gasteiger charge is 2.39. The van der Waals surface area contributed by atoms with E-state index in [0.29, 0.717) is 52.4 Å². The molecule has 0 saturated heterocycles. The third kappa shape index (κ3) is 13.6. The summed E-state index contributed by atoms with van der Waals surface area (Å²) in [6.45, 7) is 9.34. The molecular weight excluding hydrogens is 1620 g/mol. The maximum Gasteiger partial charge on any atom is 0.164 e. The molecule has 3 aliphatic carbocycles. The third-order valence-corrected chi connectivity index (χ3v) is 27.7. The molecule has 9 nitrogen and oxygen atoms in total. The molecule has 21 aromatic carbocycles. The minimum atomic E-state index is -0.118. The van der Waals surface area contributed by atoms with Crippen molar-refractivity contribution in [2.24, 2.45) is 0 Å². The maximum absolute atomic E-state index is 5.17. The highest BCUT2D eigenvalue weighted by atomic mass is 15.1. The Balaban J connectivity index is 0.000000107. The van der Waals surface area contributed by atoms with Gasteiger partial charge in [0, 0.05) is 60.9 Å². The Morgan fingerprint density at radius 3 is 0.902 bits per heavy atom. The summed E-state index contributed by atoms with van der Waals surface area (Å²) in [4.78, 5) is 46.0. The van der Waals surface area contributed by atoms with Crippen LogP contribution in [0.3, 0.4) is 0 Å². The highest BCUT2D eigenvalue weighted by molar-refractivity contribution is 6.06. The molecule has 0 radical (unpaired) electrons. The summed E-state index contributed by atoms with van der Waals surface area (Å²) in [5.41, 5.74) is 24.8. The van der Waals surface area contributed by atoms with Crippen LogP contribution in [0.5, 0.6) is 0 Å². The molecule has 3 aliphatic rings. The Morgan fingerprint density at radius 1 is 0.165 bits per heavy atom. The maximum atomic E-state index is 5.17. The van der Waals surface area contributed by atoms with E-state index in [0.717, 1.165) is 99.6 Å². The van der Waals surface area contributed by atoms with E-state index in [2.05, 4.69) is 446 Å². The van der Waals surface area contributed by atoms with E-state index in [1.807, 2.05) is 0 Å². The number of benzene rings is 21. The second-order valence-corrected chi connectivity index (χ2v) is 36.3. The summed E-state index contributed by atoms with van der Waals surface area (Å²) < 4.78 is 0. The average Bonchev–Trinajstić information content (AvgIpc) is 1.59. The van der Waals surface area contributed by atoms with Crippen molar-refractivity contribution >= 4 is 97.0 Å². The molecule has 0 aliphatic heterocycles. The van der Waals surface area contributed by atoms with Crippen molar-refractivity contribution in [3.05, 3.63) is 452 Å². The molecule has 133 heavy (non-hydrogen) atoms. The van der Waals surface area contributed by atoms with E-state index in [4.69, 9.17) is 44.9 Å². The van der Waals surface area contributed by atoms with Gasteiger partial charge in [0.15, 0.2) is 52.4 Å². The molecule has 0 fully saturated rings. The van der Waals surface area contributed by atoms with Gasteiger partial charge in [0.1, 0.15) is 0 Å². The van der Waals surface area contributed by atoms with Gasteiger partial charge in [0.2, 0.25) is 0 Å². The topological polar surface area (TPSA) is 116 Å². The SMILES string of the molecule is CC1(C)c2ccccc2-c2ccc3c(-c4nc(-c5ccc6ccccc6c5)nc(-c5ccc6ccccc6c5)n4)cccc3c21.CC1(C)c2ccccc2-c2ccc3ccc(-c4nc(-c5ccc6ccccc6c5)nc(-c5cccc6ccccc56)n4)cc3c21.c1ccc2c(c1)Cc1c-2ccc2cc(-c3nc(-c4ccc5ccccc5c4)nc(-c4ccc5ccccc5c4)n3)ccc12. The first-order valence-corrected chi connectivity index (χ1v) is 45.6. The van der Waals surface area contributed by atoms with Crippen LogP contribution in [0, 0.1) is 0 Å². The van der Waals surface area contributed by atoms with E-state index in [1.165, 1.54) is 121 Å². The summed E-state index contributed by atoms with van der Waals surface area (Å²) in [7, 11) is 0. The first kappa shape index (κ1) is 78.3. The Kier molecular flexibility index (Phi) is 18.5. The van der Waals surface area contributed by atoms with Crippen LogP contribution >= 0.6 is 0 Å². The lowest BCUT2D eigenvalue weighted by molar-refractivity contribution is 0.666. The molecule has 0 atom stereocenters. The number of aromatic nitrogens is 9. The quantitative estimate of drug-likeness (QED) is 0.139. The van der Waals surface area contributed by atoms with Crippen LogP contribution in [-0.4, -0.2) is 44.9 Å². The largest absolute Gasteiger partial charge is 0.208 e. The average molecular weight is 1700 g/mol. The first-order chi connectivity index (χ1) is 65.3. The fourth-order valence-corrected chi connectivity index (χ4v) is 21.0. The van der Waals surface area contributed by atoms with Gasteiger partial charge in [0.25, 0.3) is 0 Å². The lowest BCUT2D eigenvalue weighted by Crippen LogP contribution is -2.15. The molecule has 0 N–H and O–H groups in total. The van der Waals surface area contributed by atoms with Crippen LogP contribution in [0.25, 0.3) is 233 Å². The van der Waals surface area contributed by atoms with E-state index >= 15 is 0 Å². The van der Waals surface area contributed by atoms with Gasteiger partial charge in [-0.1, -0.05) is 404 Å².